The predicted octanol–water partition coefficient (Wildman–Crippen LogP) is 2.31. The average Bonchev–Trinajstić information content (AvgIpc) is 2.69. The molecule has 0 saturated carbocycles. The minimum absolute atomic E-state index is 0.0656. The van der Waals surface area contributed by atoms with E-state index in [1.807, 2.05) is 25.1 Å². The van der Waals surface area contributed by atoms with E-state index in [9.17, 15) is 20.0 Å². The molecule has 2 aromatic carbocycles. The monoisotopic (exact) mass is 411 g/mol. The van der Waals surface area contributed by atoms with Gasteiger partial charge in [0, 0.05) is 50.1 Å². The Kier molecular flexibility index (Phi) is 7.61. The highest BCUT2D eigenvalue weighted by Crippen LogP contribution is 2.28. The summed E-state index contributed by atoms with van der Waals surface area (Å²) >= 11 is 0. The Morgan fingerprint density at radius 3 is 2.53 bits per heavy atom. The Morgan fingerprint density at radius 2 is 1.97 bits per heavy atom. The topological polar surface area (TPSA) is 127 Å². The van der Waals surface area contributed by atoms with Gasteiger partial charge in [-0.2, -0.15) is 5.26 Å². The fraction of sp³-hybridized carbons (Fsp3) is 0.286. The standard InChI is InChI=1S/C21H25N5O4/c1-5-30-20-10-14(23-13(2)27)6-8-17(20)21(29)25-24-18(12-22)16-9-7-15(26(3)4)11-19(16)28/h6-11,18,24,28H,5H2,1-4H3,(H,23,27)(H,25,29). The van der Waals surface area contributed by atoms with Crippen LogP contribution in [0.2, 0.25) is 0 Å². The van der Waals surface area contributed by atoms with Gasteiger partial charge < -0.3 is 20.1 Å². The van der Waals surface area contributed by atoms with Crippen molar-refractivity contribution in [2.24, 2.45) is 0 Å². The van der Waals surface area contributed by atoms with Crippen LogP contribution in [0, 0.1) is 11.3 Å². The average molecular weight is 411 g/mol. The normalized spacial score (nSPS) is 11.2. The number of phenols is 1. The van der Waals surface area contributed by atoms with Crippen LogP contribution in [0.3, 0.4) is 0 Å². The summed E-state index contributed by atoms with van der Waals surface area (Å²) in [5.74, 6) is -0.551. The van der Waals surface area contributed by atoms with Crippen molar-refractivity contribution >= 4 is 23.2 Å². The highest BCUT2D eigenvalue weighted by Gasteiger charge is 2.19. The highest BCUT2D eigenvalue weighted by atomic mass is 16.5. The molecular formula is C21H25N5O4. The summed E-state index contributed by atoms with van der Waals surface area (Å²) in [5, 5.41) is 22.4. The van der Waals surface area contributed by atoms with Gasteiger partial charge in [-0.15, -0.1) is 0 Å². The molecule has 1 atom stereocenters. The van der Waals surface area contributed by atoms with Crippen molar-refractivity contribution in [3.8, 4) is 17.6 Å². The van der Waals surface area contributed by atoms with E-state index in [0.717, 1.165) is 5.69 Å². The molecule has 0 aliphatic rings. The highest BCUT2D eigenvalue weighted by molar-refractivity contribution is 5.98. The van der Waals surface area contributed by atoms with Crippen LogP contribution in [0.4, 0.5) is 11.4 Å². The van der Waals surface area contributed by atoms with E-state index in [2.05, 4.69) is 16.2 Å². The number of hydrogen-bond donors (Lipinski definition) is 4. The van der Waals surface area contributed by atoms with Gasteiger partial charge in [0.15, 0.2) is 0 Å². The van der Waals surface area contributed by atoms with Gasteiger partial charge in [-0.05, 0) is 25.1 Å². The van der Waals surface area contributed by atoms with Crippen LogP contribution in [-0.2, 0) is 4.79 Å². The number of anilines is 2. The first-order chi connectivity index (χ1) is 14.3. The molecule has 0 aliphatic carbocycles. The predicted molar refractivity (Wildman–Crippen MR) is 113 cm³/mol. The second kappa shape index (κ2) is 10.1. The summed E-state index contributed by atoms with van der Waals surface area (Å²) in [7, 11) is 3.67. The van der Waals surface area contributed by atoms with E-state index in [1.54, 1.807) is 31.2 Å². The molecule has 4 N–H and O–H groups in total. The number of rotatable bonds is 8. The van der Waals surface area contributed by atoms with Crippen LogP contribution >= 0.6 is 0 Å². The van der Waals surface area contributed by atoms with E-state index in [0.29, 0.717) is 17.9 Å². The van der Waals surface area contributed by atoms with Crippen molar-refractivity contribution < 1.29 is 19.4 Å². The minimum Gasteiger partial charge on any atom is -0.507 e. The molecule has 0 bridgehead atoms. The largest absolute Gasteiger partial charge is 0.507 e. The molecule has 30 heavy (non-hydrogen) atoms. The van der Waals surface area contributed by atoms with Crippen molar-refractivity contribution in [1.82, 2.24) is 10.9 Å². The summed E-state index contributed by atoms with van der Waals surface area (Å²) < 4.78 is 5.50. The number of carbonyl (C=O) groups is 2. The smallest absolute Gasteiger partial charge is 0.269 e. The minimum atomic E-state index is -0.973. The van der Waals surface area contributed by atoms with Crippen LogP contribution in [0.5, 0.6) is 11.5 Å². The van der Waals surface area contributed by atoms with E-state index in [1.165, 1.54) is 19.1 Å². The molecule has 1 unspecified atom stereocenters. The van der Waals surface area contributed by atoms with Crippen molar-refractivity contribution in [3.05, 3.63) is 47.5 Å². The number of aromatic hydroxyl groups is 1. The summed E-state index contributed by atoms with van der Waals surface area (Å²) in [6, 6.07) is 10.6. The maximum atomic E-state index is 12.6. The van der Waals surface area contributed by atoms with Crippen LogP contribution in [0.15, 0.2) is 36.4 Å². The van der Waals surface area contributed by atoms with Gasteiger partial charge in [0.1, 0.15) is 17.5 Å². The lowest BCUT2D eigenvalue weighted by atomic mass is 10.1. The molecule has 0 aromatic heterocycles. The van der Waals surface area contributed by atoms with Gasteiger partial charge in [-0.3, -0.25) is 15.0 Å². The van der Waals surface area contributed by atoms with Gasteiger partial charge in [0.2, 0.25) is 5.91 Å². The van der Waals surface area contributed by atoms with Gasteiger partial charge in [0.05, 0.1) is 18.2 Å². The molecule has 0 saturated heterocycles. The number of carbonyl (C=O) groups excluding carboxylic acids is 2. The maximum absolute atomic E-state index is 12.6. The first kappa shape index (κ1) is 22.5. The summed E-state index contributed by atoms with van der Waals surface area (Å²) in [5.41, 5.74) is 6.93. The first-order valence-electron chi connectivity index (χ1n) is 9.27. The molecule has 0 aliphatic heterocycles. The first-order valence-corrected chi connectivity index (χ1v) is 9.27. The Hall–Kier alpha value is -3.77. The second-order valence-corrected chi connectivity index (χ2v) is 6.62. The number of hydrogen-bond acceptors (Lipinski definition) is 7. The lowest BCUT2D eigenvalue weighted by molar-refractivity contribution is -0.114. The SMILES string of the molecule is CCOc1cc(NC(C)=O)ccc1C(=O)NNC(C#N)c1ccc(N(C)C)cc1O. The number of phenolic OH excluding ortho intramolecular Hbond substituents is 1. The molecule has 0 radical (unpaired) electrons. The van der Waals surface area contributed by atoms with Crippen LogP contribution < -0.4 is 25.8 Å². The molecule has 2 amide bonds. The van der Waals surface area contributed by atoms with Gasteiger partial charge in [-0.25, -0.2) is 5.43 Å². The molecule has 0 spiro atoms. The number of benzene rings is 2. The zero-order valence-corrected chi connectivity index (χ0v) is 17.3. The Bertz CT molecular complexity index is 968. The third-order valence-electron chi connectivity index (χ3n) is 4.15. The molecule has 0 fully saturated rings. The lowest BCUT2D eigenvalue weighted by Crippen LogP contribution is -2.39. The summed E-state index contributed by atoms with van der Waals surface area (Å²) in [4.78, 5) is 25.7. The van der Waals surface area contributed by atoms with E-state index < -0.39 is 11.9 Å². The quantitative estimate of drug-likeness (QED) is 0.491. The summed E-state index contributed by atoms with van der Waals surface area (Å²) in [6.07, 6.45) is 0. The van der Waals surface area contributed by atoms with E-state index in [4.69, 9.17) is 4.74 Å². The fourth-order valence-corrected chi connectivity index (χ4v) is 2.70. The Balaban J connectivity index is 2.17. The van der Waals surface area contributed by atoms with Crippen molar-refractivity contribution in [1.29, 1.82) is 5.26 Å². The number of ether oxygens (including phenoxy) is 1. The number of amides is 2. The van der Waals surface area contributed by atoms with Crippen molar-refractivity contribution in [3.63, 3.8) is 0 Å². The van der Waals surface area contributed by atoms with Crippen molar-refractivity contribution in [2.45, 2.75) is 19.9 Å². The molecule has 9 nitrogen and oxygen atoms in total. The van der Waals surface area contributed by atoms with Crippen LogP contribution in [-0.4, -0.2) is 37.6 Å². The third kappa shape index (κ3) is 5.62. The summed E-state index contributed by atoms with van der Waals surface area (Å²) in [6.45, 7) is 3.48. The Labute approximate surface area is 175 Å². The van der Waals surface area contributed by atoms with Crippen LogP contribution in [0.1, 0.15) is 35.8 Å². The fourth-order valence-electron chi connectivity index (χ4n) is 2.70. The number of nitrogens with zero attached hydrogens (tertiary/aromatic N) is 2. The maximum Gasteiger partial charge on any atom is 0.269 e. The number of hydrazine groups is 1. The molecule has 2 aromatic rings. The number of nitriles is 1. The van der Waals surface area contributed by atoms with Crippen molar-refractivity contribution in [2.75, 3.05) is 30.9 Å². The molecule has 2 rings (SSSR count). The molecule has 9 heteroatoms. The van der Waals surface area contributed by atoms with Gasteiger partial charge in [0.25, 0.3) is 5.91 Å². The lowest BCUT2D eigenvalue weighted by Gasteiger charge is -2.18. The van der Waals surface area contributed by atoms with E-state index in [-0.39, 0.29) is 23.0 Å². The Morgan fingerprint density at radius 1 is 1.23 bits per heavy atom. The molecule has 0 heterocycles. The number of nitrogens with one attached hydrogen (secondary N) is 3. The molecular weight excluding hydrogens is 386 g/mol. The molecule has 158 valence electrons. The van der Waals surface area contributed by atoms with Gasteiger partial charge in [-0.1, -0.05) is 6.07 Å². The zero-order valence-electron chi connectivity index (χ0n) is 17.3. The van der Waals surface area contributed by atoms with E-state index >= 15 is 0 Å². The second-order valence-electron chi connectivity index (χ2n) is 6.62. The van der Waals surface area contributed by atoms with Gasteiger partial charge >= 0.3 is 0 Å². The third-order valence-corrected chi connectivity index (χ3v) is 4.15. The zero-order chi connectivity index (χ0) is 22.3. The van der Waals surface area contributed by atoms with Crippen LogP contribution in [0.25, 0.3) is 0 Å².